The van der Waals surface area contributed by atoms with Crippen LogP contribution < -0.4 is 15.3 Å². The molecule has 3 atom stereocenters. The number of rotatable bonds is 4. The van der Waals surface area contributed by atoms with E-state index in [1.807, 2.05) is 0 Å². The average molecular weight is 517 g/mol. The molecule has 2 aromatic rings. The second-order valence-electron chi connectivity index (χ2n) is 8.73. The molecule has 35 heavy (non-hydrogen) atoms. The molecule has 5 rings (SSSR count). The number of thioether (sulfide) groups is 1. The molecule has 12 heteroatoms. The predicted molar refractivity (Wildman–Crippen MR) is 128 cm³/mol. The molecule has 0 aliphatic carbocycles. The Labute approximate surface area is 209 Å². The number of amides is 5. The Balaban J connectivity index is 1.59. The van der Waals surface area contributed by atoms with Gasteiger partial charge < -0.3 is 15.4 Å². The number of imide groups is 3. The molecule has 4 heterocycles. The SMILES string of the molecule is COc1ccc([C@@H]2c3sc(=O)n(CC(=O)N4CCCCC4)c3SC3C(=O)N(C(N)=O)C(=O)C32)cc1. The Morgan fingerprint density at radius 2 is 1.74 bits per heavy atom. The van der Waals surface area contributed by atoms with Crippen LogP contribution in [0.25, 0.3) is 0 Å². The maximum absolute atomic E-state index is 13.2. The predicted octanol–water partition coefficient (Wildman–Crippen LogP) is 1.60. The molecule has 2 N–H and O–H groups in total. The minimum absolute atomic E-state index is 0.133. The first-order chi connectivity index (χ1) is 16.8. The van der Waals surface area contributed by atoms with Crippen LogP contribution in [0.5, 0.6) is 5.75 Å². The molecule has 184 valence electrons. The summed E-state index contributed by atoms with van der Waals surface area (Å²) in [6.07, 6.45) is 2.94. The Bertz CT molecular complexity index is 1260. The molecule has 2 saturated heterocycles. The summed E-state index contributed by atoms with van der Waals surface area (Å²) in [7, 11) is 1.54. The van der Waals surface area contributed by atoms with Crippen LogP contribution in [0.15, 0.2) is 34.1 Å². The van der Waals surface area contributed by atoms with Crippen LogP contribution in [0.4, 0.5) is 4.79 Å². The summed E-state index contributed by atoms with van der Waals surface area (Å²) in [5.74, 6) is -2.46. The lowest BCUT2D eigenvalue weighted by Crippen LogP contribution is -2.41. The monoisotopic (exact) mass is 516 g/mol. The van der Waals surface area contributed by atoms with Gasteiger partial charge in [-0.1, -0.05) is 35.2 Å². The van der Waals surface area contributed by atoms with Crippen molar-refractivity contribution in [2.45, 2.75) is 42.0 Å². The number of fused-ring (bicyclic) bond motifs is 2. The van der Waals surface area contributed by atoms with Crippen molar-refractivity contribution in [3.63, 3.8) is 0 Å². The highest BCUT2D eigenvalue weighted by Gasteiger charge is 2.57. The van der Waals surface area contributed by atoms with Gasteiger partial charge in [0.2, 0.25) is 11.8 Å². The van der Waals surface area contributed by atoms with Gasteiger partial charge in [-0.3, -0.25) is 23.7 Å². The minimum Gasteiger partial charge on any atom is -0.497 e. The topological polar surface area (TPSA) is 132 Å². The van der Waals surface area contributed by atoms with E-state index in [-0.39, 0.29) is 17.3 Å². The number of nitrogens with zero attached hydrogens (tertiary/aromatic N) is 3. The minimum atomic E-state index is -1.12. The van der Waals surface area contributed by atoms with Gasteiger partial charge in [-0.2, -0.15) is 4.90 Å². The zero-order chi connectivity index (χ0) is 24.9. The number of thiazole rings is 1. The molecule has 0 spiro atoms. The van der Waals surface area contributed by atoms with Crippen LogP contribution in [0.2, 0.25) is 0 Å². The van der Waals surface area contributed by atoms with Crippen molar-refractivity contribution in [3.05, 3.63) is 44.4 Å². The van der Waals surface area contributed by atoms with E-state index in [1.54, 1.807) is 29.2 Å². The third-order valence-corrected chi connectivity index (χ3v) is 9.35. The van der Waals surface area contributed by atoms with Crippen LogP contribution in [0, 0.1) is 5.92 Å². The highest BCUT2D eigenvalue weighted by molar-refractivity contribution is 8.00. The molecule has 0 saturated carbocycles. The third-order valence-electron chi connectivity index (χ3n) is 6.75. The van der Waals surface area contributed by atoms with Crippen molar-refractivity contribution in [2.75, 3.05) is 20.2 Å². The van der Waals surface area contributed by atoms with Crippen molar-refractivity contribution in [1.29, 1.82) is 0 Å². The molecule has 1 aromatic heterocycles. The largest absolute Gasteiger partial charge is 0.497 e. The first kappa shape index (κ1) is 23.6. The lowest BCUT2D eigenvalue weighted by Gasteiger charge is -2.31. The Kier molecular flexibility index (Phi) is 6.18. The number of carbonyl (C=O) groups excluding carboxylic acids is 4. The molecule has 3 aliphatic rings. The number of hydrogen-bond donors (Lipinski definition) is 1. The zero-order valence-electron chi connectivity index (χ0n) is 19.0. The second kappa shape index (κ2) is 9.15. The maximum atomic E-state index is 13.2. The van der Waals surface area contributed by atoms with Gasteiger partial charge in [0.15, 0.2) is 0 Å². The number of aromatic nitrogens is 1. The fourth-order valence-corrected chi connectivity index (χ4v) is 7.79. The molecule has 2 unspecified atom stereocenters. The van der Waals surface area contributed by atoms with Crippen molar-refractivity contribution < 1.29 is 23.9 Å². The second-order valence-corrected chi connectivity index (χ2v) is 10.9. The average Bonchev–Trinajstić information content (AvgIpc) is 3.30. The molecule has 5 amide bonds. The van der Waals surface area contributed by atoms with Crippen LogP contribution >= 0.6 is 23.1 Å². The van der Waals surface area contributed by atoms with Gasteiger partial charge in [0.25, 0.3) is 5.91 Å². The standard InChI is InChI=1S/C23H24N4O6S2/c1-33-13-7-5-12(6-8-13)15-16-17(20(30)27(19(16)29)22(24)31)34-21-18(15)35-23(32)26(21)11-14(28)25-9-3-2-4-10-25/h5-8,15-17H,2-4,9-11H2,1H3,(H2,24,31)/t15-,16?,17?/m0/s1. The van der Waals surface area contributed by atoms with Crippen molar-refractivity contribution in [1.82, 2.24) is 14.4 Å². The molecule has 0 radical (unpaired) electrons. The summed E-state index contributed by atoms with van der Waals surface area (Å²) in [5, 5.41) is -0.445. The van der Waals surface area contributed by atoms with E-state index in [2.05, 4.69) is 0 Å². The quantitative estimate of drug-likeness (QED) is 0.611. The van der Waals surface area contributed by atoms with Gasteiger partial charge >= 0.3 is 10.9 Å². The van der Waals surface area contributed by atoms with Crippen molar-refractivity contribution in [3.8, 4) is 5.75 Å². The first-order valence-electron chi connectivity index (χ1n) is 11.3. The molecular weight excluding hydrogens is 492 g/mol. The van der Waals surface area contributed by atoms with E-state index >= 15 is 0 Å². The Morgan fingerprint density at radius 1 is 1.06 bits per heavy atom. The number of piperidine rings is 1. The van der Waals surface area contributed by atoms with Crippen molar-refractivity contribution >= 4 is 46.9 Å². The highest BCUT2D eigenvalue weighted by atomic mass is 32.2. The Morgan fingerprint density at radius 3 is 2.37 bits per heavy atom. The molecule has 0 bridgehead atoms. The summed E-state index contributed by atoms with van der Waals surface area (Å²) in [6, 6.07) is 5.90. The molecule has 1 aromatic carbocycles. The molecular formula is C23H24N4O6S2. The lowest BCUT2D eigenvalue weighted by atomic mass is 9.83. The molecule has 2 fully saturated rings. The van der Waals surface area contributed by atoms with E-state index in [4.69, 9.17) is 10.5 Å². The number of hydrogen-bond acceptors (Lipinski definition) is 8. The van der Waals surface area contributed by atoms with Crippen LogP contribution in [-0.4, -0.2) is 63.6 Å². The van der Waals surface area contributed by atoms with Crippen LogP contribution in [0.1, 0.15) is 35.6 Å². The van der Waals surface area contributed by atoms with E-state index in [1.165, 1.54) is 11.7 Å². The van der Waals surface area contributed by atoms with E-state index in [0.29, 0.717) is 39.2 Å². The summed E-state index contributed by atoms with van der Waals surface area (Å²) in [6.45, 7) is 1.19. The van der Waals surface area contributed by atoms with Gasteiger partial charge in [-0.15, -0.1) is 0 Å². The number of urea groups is 1. The molecule has 3 aliphatic heterocycles. The number of ether oxygens (including phenoxy) is 1. The lowest BCUT2D eigenvalue weighted by molar-refractivity contribution is -0.136. The first-order valence-corrected chi connectivity index (χ1v) is 13.0. The van der Waals surface area contributed by atoms with Gasteiger partial charge in [-0.25, -0.2) is 4.79 Å². The number of carbonyl (C=O) groups is 4. The number of methoxy groups -OCH3 is 1. The number of primary amides is 1. The normalized spacial score (nSPS) is 23.7. The summed E-state index contributed by atoms with van der Waals surface area (Å²) in [5.41, 5.74) is 6.05. The summed E-state index contributed by atoms with van der Waals surface area (Å²) in [4.78, 5) is 66.8. The third kappa shape index (κ3) is 3.94. The van der Waals surface area contributed by atoms with Crippen LogP contribution in [0.3, 0.4) is 0 Å². The van der Waals surface area contributed by atoms with Gasteiger partial charge in [0, 0.05) is 23.9 Å². The number of likely N-dealkylation sites (tertiary alicyclic amines) is 2. The van der Waals surface area contributed by atoms with E-state index in [0.717, 1.165) is 42.4 Å². The summed E-state index contributed by atoms with van der Waals surface area (Å²) < 4.78 is 6.64. The summed E-state index contributed by atoms with van der Waals surface area (Å²) >= 11 is 2.03. The number of benzene rings is 1. The van der Waals surface area contributed by atoms with Gasteiger partial charge in [0.1, 0.15) is 17.5 Å². The fraction of sp³-hybridized carbons (Fsp3) is 0.435. The maximum Gasteiger partial charge on any atom is 0.328 e. The van der Waals surface area contributed by atoms with Crippen molar-refractivity contribution in [2.24, 2.45) is 11.7 Å². The molecule has 10 nitrogen and oxygen atoms in total. The van der Waals surface area contributed by atoms with Gasteiger partial charge in [0.05, 0.1) is 18.1 Å². The smallest absolute Gasteiger partial charge is 0.328 e. The Hall–Kier alpha value is -3.12. The van der Waals surface area contributed by atoms with E-state index < -0.39 is 34.9 Å². The number of nitrogens with two attached hydrogens (primary N) is 1. The highest BCUT2D eigenvalue weighted by Crippen LogP contribution is 2.53. The van der Waals surface area contributed by atoms with Crippen LogP contribution in [-0.2, 0) is 20.9 Å². The van der Waals surface area contributed by atoms with E-state index in [9.17, 15) is 24.0 Å². The van der Waals surface area contributed by atoms with Gasteiger partial charge in [-0.05, 0) is 37.0 Å². The zero-order valence-corrected chi connectivity index (χ0v) is 20.6. The fourth-order valence-electron chi connectivity index (χ4n) is 5.02.